The minimum Gasteiger partial charge on any atom is -0.493 e. The normalized spacial score (nSPS) is 10.8. The Hall–Kier alpha value is -5.82. The Kier molecular flexibility index (Phi) is 6.22. The zero-order valence-corrected chi connectivity index (χ0v) is 21.6. The number of rotatable bonds is 7. The third-order valence-electron chi connectivity index (χ3n) is 6.53. The molecular weight excluding hydrogens is 506 g/mol. The van der Waals surface area contributed by atoms with Crippen LogP contribution in [0.4, 0.5) is 17.1 Å². The predicted molar refractivity (Wildman–Crippen MR) is 151 cm³/mol. The van der Waals surface area contributed by atoms with E-state index in [1.807, 2.05) is 55.5 Å². The Bertz CT molecular complexity index is 1920. The van der Waals surface area contributed by atoms with Crippen LogP contribution in [-0.2, 0) is 0 Å². The lowest BCUT2D eigenvalue weighted by Crippen LogP contribution is -2.12. The number of benzene rings is 3. The number of aromatic nitrogens is 4. The maximum absolute atomic E-state index is 13.0. The molecule has 0 aliphatic heterocycles. The van der Waals surface area contributed by atoms with Crippen LogP contribution in [0.15, 0.2) is 85.5 Å². The van der Waals surface area contributed by atoms with Gasteiger partial charge in [0.2, 0.25) is 0 Å². The van der Waals surface area contributed by atoms with E-state index < -0.39 is 0 Å². The van der Waals surface area contributed by atoms with E-state index in [9.17, 15) is 10.1 Å². The Balaban J connectivity index is 1.28. The average molecular weight is 530 g/mol. The van der Waals surface area contributed by atoms with Crippen LogP contribution in [0.3, 0.4) is 0 Å². The molecule has 0 spiro atoms. The van der Waals surface area contributed by atoms with Crippen LogP contribution in [0.5, 0.6) is 17.2 Å². The lowest BCUT2D eigenvalue weighted by Gasteiger charge is -2.13. The van der Waals surface area contributed by atoms with Gasteiger partial charge >= 0.3 is 0 Å². The van der Waals surface area contributed by atoms with Gasteiger partial charge in [-0.2, -0.15) is 10.4 Å². The molecule has 1 amide bonds. The van der Waals surface area contributed by atoms with Gasteiger partial charge in [-0.3, -0.25) is 4.79 Å². The molecule has 10 nitrogen and oxygen atoms in total. The van der Waals surface area contributed by atoms with E-state index in [4.69, 9.17) is 9.47 Å². The van der Waals surface area contributed by atoms with Crippen LogP contribution in [-0.4, -0.2) is 32.6 Å². The van der Waals surface area contributed by atoms with Crippen molar-refractivity contribution in [1.29, 1.82) is 5.26 Å². The van der Waals surface area contributed by atoms with E-state index in [2.05, 4.69) is 31.8 Å². The highest BCUT2D eigenvalue weighted by Crippen LogP contribution is 2.34. The van der Waals surface area contributed by atoms with Crippen molar-refractivity contribution < 1.29 is 14.3 Å². The summed E-state index contributed by atoms with van der Waals surface area (Å²) < 4.78 is 13.0. The highest BCUT2D eigenvalue weighted by Gasteiger charge is 2.18. The molecule has 0 saturated carbocycles. The zero-order chi connectivity index (χ0) is 27.6. The Morgan fingerprint density at radius 3 is 2.65 bits per heavy atom. The Labute approximate surface area is 228 Å². The van der Waals surface area contributed by atoms with Crippen molar-refractivity contribution >= 4 is 39.5 Å². The van der Waals surface area contributed by atoms with E-state index >= 15 is 0 Å². The smallest absolute Gasteiger partial charge is 0.255 e. The summed E-state index contributed by atoms with van der Waals surface area (Å²) in [5.74, 6) is 1.61. The average Bonchev–Trinajstić information content (AvgIpc) is 3.58. The zero-order valence-electron chi connectivity index (χ0n) is 21.6. The fraction of sp³-hybridized carbons (Fsp3) is 0.0667. The molecule has 0 saturated heterocycles. The van der Waals surface area contributed by atoms with Gasteiger partial charge in [-0.05, 0) is 61.5 Å². The Morgan fingerprint density at radius 1 is 1.07 bits per heavy atom. The third-order valence-corrected chi connectivity index (χ3v) is 6.53. The summed E-state index contributed by atoms with van der Waals surface area (Å²) in [4.78, 5) is 20.3. The first-order valence-corrected chi connectivity index (χ1v) is 12.4. The quantitative estimate of drug-likeness (QED) is 0.225. The van der Waals surface area contributed by atoms with E-state index in [-0.39, 0.29) is 5.91 Å². The van der Waals surface area contributed by atoms with Gasteiger partial charge in [0.25, 0.3) is 5.91 Å². The SMILES string of the molecule is COc1ccccc1Oc1ccc(Nc2c(C#N)cnn3cc(NC(=O)c4ccc5nc[nH]c5c4)c(C)c23)cc1. The monoisotopic (exact) mass is 529 g/mol. The summed E-state index contributed by atoms with van der Waals surface area (Å²) in [6.45, 7) is 1.88. The molecule has 40 heavy (non-hydrogen) atoms. The molecule has 0 aliphatic carbocycles. The predicted octanol–water partition coefficient (Wildman–Crippen LogP) is 6.19. The molecule has 0 aliphatic rings. The molecule has 196 valence electrons. The highest BCUT2D eigenvalue weighted by atomic mass is 16.5. The number of methoxy groups -OCH3 is 1. The molecule has 0 radical (unpaired) electrons. The van der Waals surface area contributed by atoms with Crippen molar-refractivity contribution in [2.45, 2.75) is 6.92 Å². The number of carbonyl (C=O) groups excluding carboxylic acids is 1. The summed E-state index contributed by atoms with van der Waals surface area (Å²) in [7, 11) is 1.60. The van der Waals surface area contributed by atoms with Gasteiger partial charge in [0, 0.05) is 16.8 Å². The van der Waals surface area contributed by atoms with Gasteiger partial charge in [-0.15, -0.1) is 0 Å². The number of carbonyl (C=O) groups is 1. The number of hydrogen-bond acceptors (Lipinski definition) is 7. The number of H-pyrrole nitrogens is 1. The molecule has 0 bridgehead atoms. The largest absolute Gasteiger partial charge is 0.493 e. The number of anilines is 3. The number of nitrogens with one attached hydrogen (secondary N) is 3. The number of nitrogens with zero attached hydrogens (tertiary/aromatic N) is 4. The number of ether oxygens (including phenoxy) is 2. The molecule has 0 atom stereocenters. The van der Waals surface area contributed by atoms with Gasteiger partial charge in [0.15, 0.2) is 11.5 Å². The van der Waals surface area contributed by atoms with Crippen molar-refractivity contribution in [1.82, 2.24) is 19.6 Å². The number of para-hydroxylation sites is 2. The molecule has 3 N–H and O–H groups in total. The lowest BCUT2D eigenvalue weighted by molar-refractivity contribution is 0.102. The fourth-order valence-electron chi connectivity index (χ4n) is 4.48. The summed E-state index contributed by atoms with van der Waals surface area (Å²) in [6.07, 6.45) is 4.81. The van der Waals surface area contributed by atoms with Crippen molar-refractivity contribution in [2.24, 2.45) is 0 Å². The van der Waals surface area contributed by atoms with Crippen LogP contribution in [0, 0.1) is 18.3 Å². The maximum atomic E-state index is 13.0. The molecule has 6 aromatic rings. The molecule has 3 aromatic heterocycles. The molecule has 0 unspecified atom stereocenters. The summed E-state index contributed by atoms with van der Waals surface area (Å²) in [5, 5.41) is 20.5. The van der Waals surface area contributed by atoms with E-state index in [0.29, 0.717) is 45.3 Å². The van der Waals surface area contributed by atoms with Gasteiger partial charge in [-0.1, -0.05) is 12.1 Å². The number of nitriles is 1. The molecule has 10 heteroatoms. The fourth-order valence-corrected chi connectivity index (χ4v) is 4.48. The number of fused-ring (bicyclic) bond motifs is 2. The van der Waals surface area contributed by atoms with Crippen LogP contribution in [0.1, 0.15) is 21.5 Å². The summed E-state index contributed by atoms with van der Waals surface area (Å²) in [6, 6.07) is 22.3. The van der Waals surface area contributed by atoms with Crippen LogP contribution < -0.4 is 20.1 Å². The maximum Gasteiger partial charge on any atom is 0.255 e. The summed E-state index contributed by atoms with van der Waals surface area (Å²) in [5.41, 5.74) is 5.76. The number of amides is 1. The minimum atomic E-state index is -0.267. The van der Waals surface area contributed by atoms with Crippen molar-refractivity contribution in [3.8, 4) is 23.3 Å². The standard InChI is InChI=1S/C30H23N7O3/c1-18-25(36-30(38)19-7-12-23-24(13-19)33-17-32-23)16-37-29(18)28(20(14-31)15-34-37)35-21-8-10-22(11-9-21)40-27-6-4-3-5-26(27)39-2/h3-13,15-17,35H,1-2H3,(H,32,33)(H,36,38). The third kappa shape index (κ3) is 4.52. The van der Waals surface area contributed by atoms with E-state index in [0.717, 1.165) is 22.3 Å². The second kappa shape index (κ2) is 10.2. The van der Waals surface area contributed by atoms with E-state index in [1.54, 1.807) is 42.3 Å². The van der Waals surface area contributed by atoms with Gasteiger partial charge in [-0.25, -0.2) is 9.50 Å². The van der Waals surface area contributed by atoms with Crippen molar-refractivity contribution in [2.75, 3.05) is 17.7 Å². The van der Waals surface area contributed by atoms with Crippen LogP contribution in [0.25, 0.3) is 16.6 Å². The summed E-state index contributed by atoms with van der Waals surface area (Å²) >= 11 is 0. The second-order valence-corrected chi connectivity index (χ2v) is 9.00. The Morgan fingerprint density at radius 2 is 1.88 bits per heavy atom. The van der Waals surface area contributed by atoms with Crippen molar-refractivity contribution in [3.63, 3.8) is 0 Å². The molecular formula is C30H23N7O3. The minimum absolute atomic E-state index is 0.267. The number of aryl methyl sites for hydroxylation is 1. The first-order chi connectivity index (χ1) is 19.5. The highest BCUT2D eigenvalue weighted by molar-refractivity contribution is 6.07. The second-order valence-electron chi connectivity index (χ2n) is 9.00. The van der Waals surface area contributed by atoms with Crippen LogP contribution in [0.2, 0.25) is 0 Å². The number of aromatic amines is 1. The van der Waals surface area contributed by atoms with Gasteiger partial charge in [0.05, 0.1) is 59.3 Å². The van der Waals surface area contributed by atoms with Gasteiger partial charge in [0.1, 0.15) is 11.8 Å². The molecule has 6 rings (SSSR count). The van der Waals surface area contributed by atoms with Crippen molar-refractivity contribution in [3.05, 3.63) is 102 Å². The molecule has 0 fully saturated rings. The topological polar surface area (TPSA) is 129 Å². The first-order valence-electron chi connectivity index (χ1n) is 12.4. The first kappa shape index (κ1) is 24.5. The van der Waals surface area contributed by atoms with Gasteiger partial charge < -0.3 is 25.1 Å². The molecule has 3 aromatic carbocycles. The molecule has 3 heterocycles. The number of imidazole rings is 1. The van der Waals surface area contributed by atoms with Crippen LogP contribution >= 0.6 is 0 Å². The number of hydrogen-bond donors (Lipinski definition) is 3. The lowest BCUT2D eigenvalue weighted by atomic mass is 10.1. The van der Waals surface area contributed by atoms with E-state index in [1.165, 1.54) is 6.20 Å².